The van der Waals surface area contributed by atoms with Gasteiger partial charge in [0.25, 0.3) is 0 Å². The highest BCUT2D eigenvalue weighted by atomic mass is 32.1. The number of hydrogen-bond donors (Lipinski definition) is 1. The van der Waals surface area contributed by atoms with Crippen molar-refractivity contribution in [2.24, 2.45) is 0 Å². The highest BCUT2D eigenvalue weighted by Gasteiger charge is 2.28. The van der Waals surface area contributed by atoms with E-state index in [0.29, 0.717) is 5.92 Å². The van der Waals surface area contributed by atoms with Gasteiger partial charge in [-0.25, -0.2) is 0 Å². The lowest BCUT2D eigenvalue weighted by Crippen LogP contribution is -2.13. The number of nitrogens with two attached hydrogens (primary N) is 1. The molecule has 0 aliphatic heterocycles. The summed E-state index contributed by atoms with van der Waals surface area (Å²) in [4.78, 5) is 2.34. The predicted octanol–water partition coefficient (Wildman–Crippen LogP) is 3.25. The van der Waals surface area contributed by atoms with Gasteiger partial charge in [-0.2, -0.15) is 9.61 Å². The first kappa shape index (κ1) is 12.1. The van der Waals surface area contributed by atoms with Crippen molar-refractivity contribution in [3.8, 4) is 10.6 Å². The summed E-state index contributed by atoms with van der Waals surface area (Å²) in [5.74, 6) is 1.57. The van der Waals surface area contributed by atoms with E-state index >= 15 is 0 Å². The molecule has 0 unspecified atom stereocenters. The molecule has 21 heavy (non-hydrogen) atoms. The molecule has 1 fully saturated rings. The maximum atomic E-state index is 6.25. The quantitative estimate of drug-likeness (QED) is 0.787. The van der Waals surface area contributed by atoms with Gasteiger partial charge in [-0.3, -0.25) is 0 Å². The zero-order valence-corrected chi connectivity index (χ0v) is 13.1. The lowest BCUT2D eigenvalue weighted by Gasteiger charge is -2.22. The predicted molar refractivity (Wildman–Crippen MR) is 85.0 cm³/mol. The number of aromatic nitrogens is 4. The minimum Gasteiger partial charge on any atom is -0.390 e. The normalized spacial score (nSPS) is 18.3. The molecule has 3 aromatic heterocycles. The Bertz CT molecular complexity index is 839. The highest BCUT2D eigenvalue weighted by Crippen LogP contribution is 2.45. The topological polar surface area (TPSA) is 69.1 Å². The third kappa shape index (κ3) is 1.64. The third-order valence-corrected chi connectivity index (χ3v) is 6.68. The average molecular weight is 317 g/mol. The summed E-state index contributed by atoms with van der Waals surface area (Å²) in [6, 6.07) is 0. The van der Waals surface area contributed by atoms with Crippen molar-refractivity contribution in [3.05, 3.63) is 16.3 Å². The Hall–Kier alpha value is -1.47. The first-order valence-corrected chi connectivity index (χ1v) is 9.07. The molecule has 0 radical (unpaired) electrons. The summed E-state index contributed by atoms with van der Waals surface area (Å²) in [6.45, 7) is 0. The van der Waals surface area contributed by atoms with Gasteiger partial charge < -0.3 is 5.73 Å². The smallest absolute Gasteiger partial charge is 0.234 e. The minimum absolute atomic E-state index is 0.542. The molecular formula is C14H15N5S2. The number of nitrogens with zero attached hydrogens (tertiary/aromatic N) is 4. The van der Waals surface area contributed by atoms with Crippen LogP contribution in [0, 0.1) is 0 Å². The summed E-state index contributed by atoms with van der Waals surface area (Å²) < 4.78 is 1.95. The maximum Gasteiger partial charge on any atom is 0.234 e. The number of aryl methyl sites for hydroxylation is 1. The third-order valence-electron chi connectivity index (χ3n) is 4.65. The van der Waals surface area contributed by atoms with Crippen LogP contribution in [0.4, 0.5) is 5.00 Å². The molecule has 108 valence electrons. The Kier molecular flexibility index (Phi) is 2.46. The van der Waals surface area contributed by atoms with Crippen LogP contribution < -0.4 is 5.73 Å². The number of rotatable bonds is 2. The second kappa shape index (κ2) is 4.27. The first-order chi connectivity index (χ1) is 10.3. The second-order valence-electron chi connectivity index (χ2n) is 5.88. The molecule has 1 saturated carbocycles. The molecule has 2 aliphatic carbocycles. The number of anilines is 1. The molecule has 0 bridgehead atoms. The van der Waals surface area contributed by atoms with E-state index in [0.717, 1.165) is 27.2 Å². The SMILES string of the molecule is Nc1sc2c(c1-c1nn3c(C4CCC4)nnc3s1)CCC2. The van der Waals surface area contributed by atoms with Crippen molar-refractivity contribution in [1.82, 2.24) is 19.8 Å². The molecular weight excluding hydrogens is 302 g/mol. The van der Waals surface area contributed by atoms with Crippen molar-refractivity contribution in [2.45, 2.75) is 44.4 Å². The van der Waals surface area contributed by atoms with Crippen LogP contribution in [0.15, 0.2) is 0 Å². The molecule has 0 aromatic carbocycles. The van der Waals surface area contributed by atoms with Crippen LogP contribution in [0.5, 0.6) is 0 Å². The summed E-state index contributed by atoms with van der Waals surface area (Å²) >= 11 is 3.35. The molecule has 2 aliphatic rings. The fourth-order valence-corrected chi connectivity index (χ4v) is 5.47. The van der Waals surface area contributed by atoms with E-state index in [4.69, 9.17) is 10.8 Å². The number of fused-ring (bicyclic) bond motifs is 2. The van der Waals surface area contributed by atoms with Gasteiger partial charge in [0.2, 0.25) is 4.96 Å². The van der Waals surface area contributed by atoms with Crippen LogP contribution in [0.3, 0.4) is 0 Å². The number of nitrogen functional groups attached to an aromatic ring is 1. The van der Waals surface area contributed by atoms with Gasteiger partial charge in [-0.1, -0.05) is 17.8 Å². The lowest BCUT2D eigenvalue weighted by molar-refractivity contribution is 0.395. The Morgan fingerprint density at radius 3 is 2.81 bits per heavy atom. The van der Waals surface area contributed by atoms with Crippen molar-refractivity contribution in [3.63, 3.8) is 0 Å². The molecule has 7 heteroatoms. The Morgan fingerprint density at radius 1 is 1.10 bits per heavy atom. The molecule has 0 saturated heterocycles. The zero-order chi connectivity index (χ0) is 14.0. The minimum atomic E-state index is 0.542. The van der Waals surface area contributed by atoms with Crippen molar-refractivity contribution >= 4 is 32.6 Å². The van der Waals surface area contributed by atoms with Crippen LogP contribution in [-0.2, 0) is 12.8 Å². The Balaban J connectivity index is 1.66. The van der Waals surface area contributed by atoms with Gasteiger partial charge >= 0.3 is 0 Å². The molecule has 3 heterocycles. The standard InChI is InChI=1S/C14H15N5S2/c15-11-10(8-5-2-6-9(8)20-11)13-18-19-12(7-3-1-4-7)16-17-14(19)21-13/h7H,1-6,15H2. The summed E-state index contributed by atoms with van der Waals surface area (Å²) in [5, 5.41) is 15.4. The fraction of sp³-hybridized carbons (Fsp3) is 0.500. The molecule has 3 aromatic rings. The van der Waals surface area contributed by atoms with Crippen LogP contribution >= 0.6 is 22.7 Å². The van der Waals surface area contributed by atoms with Gasteiger partial charge in [0.1, 0.15) is 0 Å². The van der Waals surface area contributed by atoms with Gasteiger partial charge in [-0.15, -0.1) is 21.5 Å². The summed E-state index contributed by atoms with van der Waals surface area (Å²) in [6.07, 6.45) is 7.26. The van der Waals surface area contributed by atoms with E-state index in [2.05, 4.69) is 10.2 Å². The van der Waals surface area contributed by atoms with Gasteiger partial charge in [0, 0.05) is 10.8 Å². The molecule has 0 amide bonds. The number of thiophene rings is 1. The van der Waals surface area contributed by atoms with E-state index in [-0.39, 0.29) is 0 Å². The average Bonchev–Trinajstić information content (AvgIpc) is 3.08. The zero-order valence-electron chi connectivity index (χ0n) is 11.5. The molecule has 5 rings (SSSR count). The van der Waals surface area contributed by atoms with E-state index in [1.807, 2.05) is 4.52 Å². The first-order valence-electron chi connectivity index (χ1n) is 7.44. The fourth-order valence-electron chi connectivity index (χ4n) is 3.31. The monoisotopic (exact) mass is 317 g/mol. The van der Waals surface area contributed by atoms with Crippen molar-refractivity contribution in [2.75, 3.05) is 5.73 Å². The van der Waals surface area contributed by atoms with Crippen LogP contribution in [0.25, 0.3) is 15.5 Å². The van der Waals surface area contributed by atoms with Gasteiger partial charge in [0.05, 0.1) is 10.6 Å². The molecule has 0 atom stereocenters. The van der Waals surface area contributed by atoms with Crippen LogP contribution in [0.2, 0.25) is 0 Å². The van der Waals surface area contributed by atoms with Crippen LogP contribution in [-0.4, -0.2) is 19.8 Å². The Labute approximate surface area is 129 Å². The van der Waals surface area contributed by atoms with Crippen molar-refractivity contribution in [1.29, 1.82) is 0 Å². The second-order valence-corrected chi connectivity index (χ2v) is 7.98. The van der Waals surface area contributed by atoms with Crippen molar-refractivity contribution < 1.29 is 0 Å². The van der Waals surface area contributed by atoms with E-state index in [1.54, 1.807) is 22.7 Å². The number of hydrogen-bond acceptors (Lipinski definition) is 6. The van der Waals surface area contributed by atoms with Gasteiger partial charge in [0.15, 0.2) is 10.8 Å². The largest absolute Gasteiger partial charge is 0.390 e. The lowest BCUT2D eigenvalue weighted by atomic mass is 9.85. The van der Waals surface area contributed by atoms with E-state index in [1.165, 1.54) is 48.1 Å². The highest BCUT2D eigenvalue weighted by molar-refractivity contribution is 7.21. The summed E-state index contributed by atoms with van der Waals surface area (Å²) in [5.41, 5.74) is 8.84. The molecule has 0 spiro atoms. The van der Waals surface area contributed by atoms with Crippen LogP contribution in [0.1, 0.15) is 47.9 Å². The van der Waals surface area contributed by atoms with E-state index < -0.39 is 0 Å². The summed E-state index contributed by atoms with van der Waals surface area (Å²) in [7, 11) is 0. The molecule has 5 nitrogen and oxygen atoms in total. The molecule has 2 N–H and O–H groups in total. The van der Waals surface area contributed by atoms with E-state index in [9.17, 15) is 0 Å². The Morgan fingerprint density at radius 2 is 2.00 bits per heavy atom. The maximum absolute atomic E-state index is 6.25. The van der Waals surface area contributed by atoms with Gasteiger partial charge in [-0.05, 0) is 37.7 Å².